The van der Waals surface area contributed by atoms with Crippen molar-refractivity contribution in [3.63, 3.8) is 0 Å². The van der Waals surface area contributed by atoms with Crippen LogP contribution in [-0.2, 0) is 24.2 Å². The molecule has 0 atom stereocenters. The average molecular weight is 482 g/mol. The Balaban J connectivity index is 0.00000210. The second-order valence-corrected chi connectivity index (χ2v) is 7.54. The van der Waals surface area contributed by atoms with Crippen LogP contribution in [0, 0.1) is 0 Å². The molecule has 29 heavy (non-hydrogen) atoms. The van der Waals surface area contributed by atoms with Crippen molar-refractivity contribution in [1.29, 1.82) is 0 Å². The monoisotopic (exact) mass is 480 g/mol. The van der Waals surface area contributed by atoms with Crippen molar-refractivity contribution in [1.82, 2.24) is 10.2 Å². The molecule has 2 aromatic rings. The van der Waals surface area contributed by atoms with Gasteiger partial charge in [-0.25, -0.2) is 0 Å². The number of hydrogen-bond donors (Lipinski definition) is 1. The van der Waals surface area contributed by atoms with Crippen molar-refractivity contribution < 1.29 is 9.47 Å². The maximum absolute atomic E-state index is 6.23. The van der Waals surface area contributed by atoms with E-state index in [0.29, 0.717) is 5.02 Å². The van der Waals surface area contributed by atoms with E-state index in [-0.39, 0.29) is 24.8 Å². The number of halogens is 4. The maximum Gasteiger partial charge on any atom is 0.123 e. The molecule has 1 fully saturated rings. The zero-order valence-corrected chi connectivity index (χ0v) is 19.6. The van der Waals surface area contributed by atoms with Crippen LogP contribution in [0.3, 0.4) is 0 Å². The maximum atomic E-state index is 6.23. The second kappa shape index (κ2) is 13.6. The van der Waals surface area contributed by atoms with Crippen LogP contribution < -0.4 is 10.1 Å². The lowest BCUT2D eigenvalue weighted by Gasteiger charge is -2.27. The summed E-state index contributed by atoms with van der Waals surface area (Å²) < 4.78 is 11.0. The molecule has 0 radical (unpaired) electrons. The molecular formula is C21H28Cl4N2O2. The van der Waals surface area contributed by atoms with Crippen molar-refractivity contribution in [2.24, 2.45) is 0 Å². The van der Waals surface area contributed by atoms with Crippen LogP contribution in [0.4, 0.5) is 0 Å². The van der Waals surface area contributed by atoms with Crippen LogP contribution in [0.5, 0.6) is 5.75 Å². The number of morpholine rings is 1. The molecule has 2 aromatic carbocycles. The Morgan fingerprint density at radius 3 is 2.48 bits per heavy atom. The van der Waals surface area contributed by atoms with E-state index in [4.69, 9.17) is 32.7 Å². The van der Waals surface area contributed by atoms with Gasteiger partial charge in [-0.1, -0.05) is 35.3 Å². The van der Waals surface area contributed by atoms with Gasteiger partial charge in [-0.2, -0.15) is 0 Å². The van der Waals surface area contributed by atoms with Gasteiger partial charge in [0.2, 0.25) is 0 Å². The Labute approximate surface area is 195 Å². The third-order valence-electron chi connectivity index (χ3n) is 4.76. The molecule has 1 saturated heterocycles. The van der Waals surface area contributed by atoms with Crippen molar-refractivity contribution >= 4 is 48.0 Å². The topological polar surface area (TPSA) is 33.7 Å². The van der Waals surface area contributed by atoms with Crippen LogP contribution in [0.1, 0.15) is 16.7 Å². The molecule has 0 bridgehead atoms. The lowest BCUT2D eigenvalue weighted by molar-refractivity contribution is 0.0339. The van der Waals surface area contributed by atoms with Crippen LogP contribution in [0.25, 0.3) is 0 Å². The van der Waals surface area contributed by atoms with Gasteiger partial charge in [0, 0.05) is 41.8 Å². The van der Waals surface area contributed by atoms with Crippen molar-refractivity contribution in [2.45, 2.75) is 19.5 Å². The highest BCUT2D eigenvalue weighted by Gasteiger charge is 2.14. The molecule has 0 unspecified atom stereocenters. The molecular weight excluding hydrogens is 454 g/mol. The third-order valence-corrected chi connectivity index (χ3v) is 5.34. The lowest BCUT2D eigenvalue weighted by Crippen LogP contribution is -2.35. The first-order valence-electron chi connectivity index (χ1n) is 9.26. The number of nitrogens with one attached hydrogen (secondary N) is 1. The highest BCUT2D eigenvalue weighted by Crippen LogP contribution is 2.23. The van der Waals surface area contributed by atoms with Gasteiger partial charge in [0.25, 0.3) is 0 Å². The van der Waals surface area contributed by atoms with Gasteiger partial charge in [0.05, 0.1) is 20.3 Å². The second-order valence-electron chi connectivity index (χ2n) is 6.70. The molecule has 1 N–H and O–H groups in total. The molecule has 1 aliphatic rings. The first kappa shape index (κ1) is 26.3. The Hall–Kier alpha value is -0.720. The molecule has 4 nitrogen and oxygen atoms in total. The molecule has 3 rings (SSSR count). The van der Waals surface area contributed by atoms with E-state index in [1.807, 2.05) is 12.1 Å². The van der Waals surface area contributed by atoms with E-state index in [9.17, 15) is 0 Å². The average Bonchev–Trinajstić information content (AvgIpc) is 2.67. The van der Waals surface area contributed by atoms with E-state index >= 15 is 0 Å². The summed E-state index contributed by atoms with van der Waals surface area (Å²) in [4.78, 5) is 2.40. The Morgan fingerprint density at radius 2 is 1.79 bits per heavy atom. The van der Waals surface area contributed by atoms with Crippen molar-refractivity contribution in [3.05, 3.63) is 63.1 Å². The number of ether oxygens (including phenoxy) is 2. The SMILES string of the molecule is COc1ccc(CNCCc2ccc(Cl)cc2Cl)cc1CN1CCOCC1.Cl.Cl. The summed E-state index contributed by atoms with van der Waals surface area (Å²) in [6.45, 7) is 6.09. The van der Waals surface area contributed by atoms with Gasteiger partial charge >= 0.3 is 0 Å². The zero-order valence-electron chi connectivity index (χ0n) is 16.5. The summed E-state index contributed by atoms with van der Waals surface area (Å²) in [6, 6.07) is 12.1. The Kier molecular flexibility index (Phi) is 12.3. The van der Waals surface area contributed by atoms with Gasteiger partial charge in [-0.3, -0.25) is 4.90 Å². The first-order valence-corrected chi connectivity index (χ1v) is 10.0. The summed E-state index contributed by atoms with van der Waals surface area (Å²) in [7, 11) is 1.73. The molecule has 0 aromatic heterocycles. The minimum Gasteiger partial charge on any atom is -0.496 e. The van der Waals surface area contributed by atoms with Gasteiger partial charge in [0.1, 0.15) is 5.75 Å². The van der Waals surface area contributed by atoms with E-state index in [1.54, 1.807) is 13.2 Å². The van der Waals surface area contributed by atoms with Crippen LogP contribution in [-0.4, -0.2) is 44.9 Å². The molecule has 8 heteroatoms. The van der Waals surface area contributed by atoms with Crippen molar-refractivity contribution in [2.75, 3.05) is 40.0 Å². The summed E-state index contributed by atoms with van der Waals surface area (Å²) in [6.07, 6.45) is 0.868. The molecule has 0 amide bonds. The number of nitrogens with zero attached hydrogens (tertiary/aromatic N) is 1. The fourth-order valence-corrected chi connectivity index (χ4v) is 3.75. The fraction of sp³-hybridized carbons (Fsp3) is 0.429. The summed E-state index contributed by atoms with van der Waals surface area (Å²) in [5.74, 6) is 0.943. The van der Waals surface area contributed by atoms with Gasteiger partial charge in [-0.15, -0.1) is 24.8 Å². The predicted octanol–water partition coefficient (Wildman–Crippen LogP) is 5.01. The minimum absolute atomic E-state index is 0. The standard InChI is InChI=1S/C21H26Cl2N2O2.2ClH/c1-26-21-5-2-16(12-18(21)15-25-8-10-27-11-9-25)14-24-7-6-17-3-4-19(22)13-20(17)23;;/h2-5,12-13,24H,6-11,14-15H2,1H3;2*1H. The summed E-state index contributed by atoms with van der Waals surface area (Å²) in [5.41, 5.74) is 3.58. The predicted molar refractivity (Wildman–Crippen MR) is 125 cm³/mol. The van der Waals surface area contributed by atoms with E-state index in [0.717, 1.165) is 68.7 Å². The first-order chi connectivity index (χ1) is 13.2. The highest BCUT2D eigenvalue weighted by atomic mass is 35.5. The van der Waals surface area contributed by atoms with E-state index in [1.165, 1.54) is 11.1 Å². The van der Waals surface area contributed by atoms with Gasteiger partial charge in [0.15, 0.2) is 0 Å². The minimum atomic E-state index is 0. The van der Waals surface area contributed by atoms with E-state index in [2.05, 4.69) is 28.4 Å². The highest BCUT2D eigenvalue weighted by molar-refractivity contribution is 6.35. The number of rotatable bonds is 8. The van der Waals surface area contributed by atoms with Crippen LogP contribution in [0.2, 0.25) is 10.0 Å². The molecule has 1 aliphatic heterocycles. The molecule has 0 aliphatic carbocycles. The molecule has 0 saturated carbocycles. The summed E-state index contributed by atoms with van der Waals surface area (Å²) in [5, 5.41) is 4.89. The number of benzene rings is 2. The number of hydrogen-bond acceptors (Lipinski definition) is 4. The molecule has 0 spiro atoms. The fourth-order valence-electron chi connectivity index (χ4n) is 3.25. The molecule has 1 heterocycles. The van der Waals surface area contributed by atoms with Crippen LogP contribution >= 0.6 is 48.0 Å². The Morgan fingerprint density at radius 1 is 1.03 bits per heavy atom. The smallest absolute Gasteiger partial charge is 0.123 e. The van der Waals surface area contributed by atoms with Crippen LogP contribution in [0.15, 0.2) is 36.4 Å². The summed E-state index contributed by atoms with van der Waals surface area (Å²) >= 11 is 12.2. The lowest BCUT2D eigenvalue weighted by atomic mass is 10.1. The normalized spacial score (nSPS) is 14.0. The van der Waals surface area contributed by atoms with Gasteiger partial charge < -0.3 is 14.8 Å². The largest absolute Gasteiger partial charge is 0.496 e. The van der Waals surface area contributed by atoms with Gasteiger partial charge in [-0.05, 0) is 48.4 Å². The van der Waals surface area contributed by atoms with E-state index < -0.39 is 0 Å². The number of methoxy groups -OCH3 is 1. The zero-order chi connectivity index (χ0) is 19.1. The third kappa shape index (κ3) is 8.14. The Bertz CT molecular complexity index is 755. The quantitative estimate of drug-likeness (QED) is 0.537. The molecule has 162 valence electrons. The van der Waals surface area contributed by atoms with Crippen molar-refractivity contribution in [3.8, 4) is 5.75 Å².